The second-order valence-corrected chi connectivity index (χ2v) is 5.12. The molecule has 1 fully saturated rings. The van der Waals surface area contributed by atoms with E-state index in [1.54, 1.807) is 6.07 Å². The highest BCUT2D eigenvalue weighted by atomic mass is 19.1. The van der Waals surface area contributed by atoms with Crippen molar-refractivity contribution in [2.45, 2.75) is 39.3 Å². The van der Waals surface area contributed by atoms with E-state index in [0.29, 0.717) is 11.6 Å². The highest BCUT2D eigenvalue weighted by Crippen LogP contribution is 2.33. The van der Waals surface area contributed by atoms with Crippen molar-refractivity contribution < 1.29 is 9.50 Å². The van der Waals surface area contributed by atoms with Crippen LogP contribution in [-0.2, 0) is 6.61 Å². The zero-order chi connectivity index (χ0) is 12.4. The van der Waals surface area contributed by atoms with Crippen LogP contribution in [0.2, 0.25) is 0 Å². The summed E-state index contributed by atoms with van der Waals surface area (Å²) in [6.45, 7) is 5.16. The van der Waals surface area contributed by atoms with E-state index < -0.39 is 0 Å². The molecule has 94 valence electrons. The first-order chi connectivity index (χ1) is 8.11. The van der Waals surface area contributed by atoms with E-state index in [9.17, 15) is 9.50 Å². The van der Waals surface area contributed by atoms with Crippen molar-refractivity contribution in [2.24, 2.45) is 5.92 Å². The zero-order valence-corrected chi connectivity index (χ0v) is 10.5. The van der Waals surface area contributed by atoms with Crippen LogP contribution in [0, 0.1) is 11.7 Å². The molecule has 1 aliphatic rings. The third-order valence-electron chi connectivity index (χ3n) is 3.30. The number of benzene rings is 1. The highest BCUT2D eigenvalue weighted by molar-refractivity contribution is 5.54. The molecule has 2 nitrogen and oxygen atoms in total. The first-order valence-electron chi connectivity index (χ1n) is 6.27. The summed E-state index contributed by atoms with van der Waals surface area (Å²) in [5.74, 6) is 0.488. The number of aliphatic hydroxyl groups is 1. The van der Waals surface area contributed by atoms with E-state index in [1.807, 2.05) is 0 Å². The molecule has 0 amide bonds. The molecule has 1 saturated carbocycles. The summed E-state index contributed by atoms with van der Waals surface area (Å²) < 4.78 is 13.1. The van der Waals surface area contributed by atoms with Crippen LogP contribution in [0.3, 0.4) is 0 Å². The standard InChI is InChI=1S/C14H20FNO/c1-10(2)16(8-11-3-4-11)14-6-5-13(15)7-12(14)9-17/h5-7,10-11,17H,3-4,8-9H2,1-2H3. The van der Waals surface area contributed by atoms with Crippen LogP contribution in [0.1, 0.15) is 32.3 Å². The minimum atomic E-state index is -0.284. The van der Waals surface area contributed by atoms with Crippen molar-refractivity contribution in [3.05, 3.63) is 29.6 Å². The van der Waals surface area contributed by atoms with Gasteiger partial charge in [-0.1, -0.05) is 0 Å². The Kier molecular flexibility index (Phi) is 3.67. The summed E-state index contributed by atoms with van der Waals surface area (Å²) in [7, 11) is 0. The van der Waals surface area contributed by atoms with Gasteiger partial charge < -0.3 is 10.0 Å². The molecule has 0 bridgehead atoms. The second kappa shape index (κ2) is 5.05. The molecule has 17 heavy (non-hydrogen) atoms. The van der Waals surface area contributed by atoms with Crippen molar-refractivity contribution >= 4 is 5.69 Å². The fourth-order valence-electron chi connectivity index (χ4n) is 2.13. The monoisotopic (exact) mass is 237 g/mol. The highest BCUT2D eigenvalue weighted by Gasteiger charge is 2.26. The van der Waals surface area contributed by atoms with Crippen LogP contribution in [0.5, 0.6) is 0 Å². The van der Waals surface area contributed by atoms with Gasteiger partial charge >= 0.3 is 0 Å². The SMILES string of the molecule is CC(C)N(CC1CC1)c1ccc(F)cc1CO. The summed E-state index contributed by atoms with van der Waals surface area (Å²) >= 11 is 0. The van der Waals surface area contributed by atoms with Crippen LogP contribution in [0.4, 0.5) is 10.1 Å². The van der Waals surface area contributed by atoms with Gasteiger partial charge in [0, 0.05) is 23.8 Å². The van der Waals surface area contributed by atoms with Crippen LogP contribution < -0.4 is 4.90 Å². The summed E-state index contributed by atoms with van der Waals surface area (Å²) in [6, 6.07) is 5.05. The lowest BCUT2D eigenvalue weighted by Gasteiger charge is -2.31. The first-order valence-corrected chi connectivity index (χ1v) is 6.27. The molecule has 0 heterocycles. The molecule has 2 rings (SSSR count). The number of aliphatic hydroxyl groups excluding tert-OH is 1. The summed E-state index contributed by atoms with van der Waals surface area (Å²) in [5, 5.41) is 9.33. The molecular weight excluding hydrogens is 217 g/mol. The van der Waals surface area contributed by atoms with E-state index in [-0.39, 0.29) is 12.4 Å². The predicted molar refractivity (Wildman–Crippen MR) is 67.5 cm³/mol. The van der Waals surface area contributed by atoms with Gasteiger partial charge in [-0.3, -0.25) is 0 Å². The lowest BCUT2D eigenvalue weighted by atomic mass is 10.1. The molecule has 0 unspecified atom stereocenters. The third kappa shape index (κ3) is 2.97. The Morgan fingerprint density at radius 2 is 2.12 bits per heavy atom. The minimum Gasteiger partial charge on any atom is -0.392 e. The van der Waals surface area contributed by atoms with Gasteiger partial charge in [-0.2, -0.15) is 0 Å². The topological polar surface area (TPSA) is 23.5 Å². The van der Waals surface area contributed by atoms with Gasteiger partial charge in [0.15, 0.2) is 0 Å². The molecule has 1 aliphatic carbocycles. The minimum absolute atomic E-state index is 0.110. The average Bonchev–Trinajstić information content (AvgIpc) is 3.09. The quantitative estimate of drug-likeness (QED) is 0.851. The molecule has 0 radical (unpaired) electrons. The van der Waals surface area contributed by atoms with E-state index in [0.717, 1.165) is 18.2 Å². The molecular formula is C14H20FNO. The number of rotatable bonds is 5. The van der Waals surface area contributed by atoms with Crippen molar-refractivity contribution in [3.8, 4) is 0 Å². The predicted octanol–water partition coefficient (Wildman–Crippen LogP) is 2.94. The maximum absolute atomic E-state index is 13.1. The maximum Gasteiger partial charge on any atom is 0.123 e. The van der Waals surface area contributed by atoms with Gasteiger partial charge in [0.1, 0.15) is 5.82 Å². The number of nitrogens with zero attached hydrogens (tertiary/aromatic N) is 1. The lowest BCUT2D eigenvalue weighted by Crippen LogP contribution is -2.33. The van der Waals surface area contributed by atoms with Crippen molar-refractivity contribution in [2.75, 3.05) is 11.4 Å². The number of hydrogen-bond acceptors (Lipinski definition) is 2. The van der Waals surface area contributed by atoms with Crippen molar-refractivity contribution in [1.82, 2.24) is 0 Å². The lowest BCUT2D eigenvalue weighted by molar-refractivity contribution is 0.281. The Bertz CT molecular complexity index is 388. The Labute approximate surface area is 102 Å². The number of hydrogen-bond donors (Lipinski definition) is 1. The zero-order valence-electron chi connectivity index (χ0n) is 10.5. The number of halogens is 1. The van der Waals surface area contributed by atoms with Gasteiger partial charge in [0.25, 0.3) is 0 Å². The fourth-order valence-corrected chi connectivity index (χ4v) is 2.13. The molecule has 1 N–H and O–H groups in total. The summed E-state index contributed by atoms with van der Waals surface area (Å²) in [6.07, 6.45) is 2.58. The van der Waals surface area contributed by atoms with Gasteiger partial charge in [-0.25, -0.2) is 4.39 Å². The van der Waals surface area contributed by atoms with Crippen LogP contribution in [0.25, 0.3) is 0 Å². The summed E-state index contributed by atoms with van der Waals surface area (Å²) in [4.78, 5) is 2.27. The Morgan fingerprint density at radius 3 is 2.65 bits per heavy atom. The molecule has 0 saturated heterocycles. The fraction of sp³-hybridized carbons (Fsp3) is 0.571. The molecule has 0 aliphatic heterocycles. The maximum atomic E-state index is 13.1. The Balaban J connectivity index is 2.26. The molecule has 3 heteroatoms. The van der Waals surface area contributed by atoms with Crippen molar-refractivity contribution in [3.63, 3.8) is 0 Å². The third-order valence-corrected chi connectivity index (χ3v) is 3.30. The molecule has 0 atom stereocenters. The Hall–Kier alpha value is -1.09. The molecule has 0 spiro atoms. The Morgan fingerprint density at radius 1 is 1.41 bits per heavy atom. The van der Waals surface area contributed by atoms with Gasteiger partial charge in [0.05, 0.1) is 6.61 Å². The molecule has 1 aromatic carbocycles. The average molecular weight is 237 g/mol. The van der Waals surface area contributed by atoms with E-state index in [2.05, 4.69) is 18.7 Å². The smallest absolute Gasteiger partial charge is 0.123 e. The second-order valence-electron chi connectivity index (χ2n) is 5.12. The normalized spacial score (nSPS) is 15.4. The largest absolute Gasteiger partial charge is 0.392 e. The molecule has 0 aromatic heterocycles. The van der Waals surface area contributed by atoms with Crippen molar-refractivity contribution in [1.29, 1.82) is 0 Å². The van der Waals surface area contributed by atoms with Crippen LogP contribution in [0.15, 0.2) is 18.2 Å². The van der Waals surface area contributed by atoms with E-state index >= 15 is 0 Å². The van der Waals surface area contributed by atoms with E-state index in [1.165, 1.54) is 25.0 Å². The summed E-state index contributed by atoms with van der Waals surface area (Å²) in [5.41, 5.74) is 1.65. The van der Waals surface area contributed by atoms with Gasteiger partial charge in [-0.15, -0.1) is 0 Å². The van der Waals surface area contributed by atoms with Crippen LogP contribution >= 0.6 is 0 Å². The van der Waals surface area contributed by atoms with E-state index in [4.69, 9.17) is 0 Å². The van der Waals surface area contributed by atoms with Crippen LogP contribution in [-0.4, -0.2) is 17.7 Å². The van der Waals surface area contributed by atoms with Gasteiger partial charge in [-0.05, 0) is 50.8 Å². The first kappa shape index (κ1) is 12.4. The van der Waals surface area contributed by atoms with Gasteiger partial charge in [0.2, 0.25) is 0 Å². The number of anilines is 1. The molecule has 1 aromatic rings.